The lowest BCUT2D eigenvalue weighted by Gasteiger charge is -2.30. The number of alkyl halides is 3. The molecule has 8 aromatic carbocycles. The van der Waals surface area contributed by atoms with Gasteiger partial charge < -0.3 is 18.9 Å². The van der Waals surface area contributed by atoms with Gasteiger partial charge in [0.25, 0.3) is 0 Å². The molecule has 0 atom stereocenters. The molecular weight excluding hydrogens is 800 g/mol. The van der Waals surface area contributed by atoms with Crippen LogP contribution in [-0.2, 0) is 10.1 Å². The number of thiophene rings is 1. The summed E-state index contributed by atoms with van der Waals surface area (Å²) in [4.78, 5) is 6.08. The molecular formula is C49H34F3N3O3S2. The highest BCUT2D eigenvalue weighted by atomic mass is 32.2. The second-order valence-corrected chi connectivity index (χ2v) is 16.3. The summed E-state index contributed by atoms with van der Waals surface area (Å²) in [6.07, 6.45) is 0. The van der Waals surface area contributed by atoms with E-state index in [1.54, 1.807) is 0 Å². The van der Waals surface area contributed by atoms with Crippen LogP contribution in [0, 0.1) is 0 Å². The minimum absolute atomic E-state index is 0.230. The second-order valence-electron chi connectivity index (χ2n) is 13.8. The SMILES string of the molecule is O=S(=O)(Oc1cc(N(c2ccccc2)c2ccccc2)cc2c1sc1c(N(c3ccccc3)c3ccccc3)cc(N(c3ccccc3)c3ccccc3)cc12)C(F)(F)F. The van der Waals surface area contributed by atoms with Gasteiger partial charge in [-0.05, 0) is 91.0 Å². The maximum atomic E-state index is 14.2. The Kier molecular flexibility index (Phi) is 10.2. The maximum Gasteiger partial charge on any atom is 0.534 e. The first kappa shape index (κ1) is 38.4. The molecule has 1 heterocycles. The van der Waals surface area contributed by atoms with Gasteiger partial charge in [-0.1, -0.05) is 109 Å². The highest BCUT2D eigenvalue weighted by Crippen LogP contribution is 2.52. The van der Waals surface area contributed by atoms with Gasteiger partial charge in [-0.15, -0.1) is 11.3 Å². The van der Waals surface area contributed by atoms with Crippen LogP contribution in [0.2, 0.25) is 0 Å². The zero-order valence-electron chi connectivity index (χ0n) is 31.6. The fourth-order valence-corrected chi connectivity index (χ4v) is 9.07. The standard InChI is InChI=1S/C49H34F3N3O3S2/c50-49(51,52)60(56,57)58-46-34-42(54(37-23-11-3-12-24-37)38-25-13-4-14-26-38)32-44-43-31-41(53(35-19-7-1-8-20-35)36-21-9-2-10-22-36)33-45(47(43)59-48(44)46)55(39-27-15-5-16-28-39)40-29-17-6-18-30-40/h1-34H. The van der Waals surface area contributed by atoms with Gasteiger partial charge in [-0.3, -0.25) is 0 Å². The molecule has 0 fully saturated rings. The van der Waals surface area contributed by atoms with Crippen molar-refractivity contribution in [3.63, 3.8) is 0 Å². The van der Waals surface area contributed by atoms with Gasteiger partial charge in [0, 0.05) is 56.7 Å². The number of rotatable bonds is 11. The molecule has 0 aliphatic rings. The molecule has 0 radical (unpaired) electrons. The number of hydrogen-bond donors (Lipinski definition) is 0. The number of para-hydroxylation sites is 6. The molecule has 0 saturated carbocycles. The highest BCUT2D eigenvalue weighted by Gasteiger charge is 2.49. The average Bonchev–Trinajstić information content (AvgIpc) is 3.65. The van der Waals surface area contributed by atoms with Crippen molar-refractivity contribution >= 4 is 92.8 Å². The summed E-state index contributed by atoms with van der Waals surface area (Å²) in [6, 6.07) is 65.4. The first-order valence-electron chi connectivity index (χ1n) is 18.9. The minimum Gasteiger partial charge on any atom is -0.374 e. The summed E-state index contributed by atoms with van der Waals surface area (Å²) in [7, 11) is -6.09. The van der Waals surface area contributed by atoms with E-state index in [4.69, 9.17) is 4.18 Å². The smallest absolute Gasteiger partial charge is 0.374 e. The molecule has 0 aliphatic heterocycles. The molecule has 9 rings (SSSR count). The molecule has 0 unspecified atom stereocenters. The Morgan fingerprint density at radius 3 is 1.07 bits per heavy atom. The van der Waals surface area contributed by atoms with Crippen LogP contribution in [0.15, 0.2) is 206 Å². The quantitative estimate of drug-likeness (QED) is 0.0956. The molecule has 0 amide bonds. The lowest BCUT2D eigenvalue weighted by molar-refractivity contribution is -0.0499. The maximum absolute atomic E-state index is 14.2. The van der Waals surface area contributed by atoms with E-state index < -0.39 is 21.4 Å². The van der Waals surface area contributed by atoms with E-state index in [9.17, 15) is 21.6 Å². The Morgan fingerprint density at radius 1 is 0.400 bits per heavy atom. The van der Waals surface area contributed by atoms with Crippen LogP contribution in [0.1, 0.15) is 0 Å². The summed E-state index contributed by atoms with van der Waals surface area (Å²) >= 11 is 1.17. The zero-order valence-corrected chi connectivity index (χ0v) is 33.3. The molecule has 0 saturated heterocycles. The predicted molar refractivity (Wildman–Crippen MR) is 239 cm³/mol. The molecule has 0 bridgehead atoms. The van der Waals surface area contributed by atoms with Gasteiger partial charge in [0.1, 0.15) is 0 Å². The van der Waals surface area contributed by atoms with Crippen LogP contribution in [0.5, 0.6) is 5.75 Å². The predicted octanol–water partition coefficient (Wildman–Crippen LogP) is 14.7. The van der Waals surface area contributed by atoms with E-state index in [0.717, 1.165) is 28.4 Å². The molecule has 60 heavy (non-hydrogen) atoms. The Morgan fingerprint density at radius 2 is 0.717 bits per heavy atom. The summed E-state index contributed by atoms with van der Waals surface area (Å²) in [5.41, 5.74) is 1.01. The fraction of sp³-hybridized carbons (Fsp3) is 0.0204. The van der Waals surface area contributed by atoms with Crippen molar-refractivity contribution in [2.24, 2.45) is 0 Å². The number of halogens is 3. The van der Waals surface area contributed by atoms with E-state index in [0.29, 0.717) is 38.2 Å². The molecule has 1 aromatic heterocycles. The molecule has 0 N–H and O–H groups in total. The largest absolute Gasteiger partial charge is 0.534 e. The third-order valence-electron chi connectivity index (χ3n) is 9.91. The van der Waals surface area contributed by atoms with Crippen LogP contribution >= 0.6 is 11.3 Å². The number of anilines is 9. The summed E-state index contributed by atoms with van der Waals surface area (Å²) in [5.74, 6) is -0.445. The van der Waals surface area contributed by atoms with Crippen molar-refractivity contribution in [3.8, 4) is 5.75 Å². The van der Waals surface area contributed by atoms with Gasteiger partial charge in [0.15, 0.2) is 5.75 Å². The van der Waals surface area contributed by atoms with Crippen LogP contribution in [0.3, 0.4) is 0 Å². The summed E-state index contributed by atoms with van der Waals surface area (Å²) < 4.78 is 74.5. The third kappa shape index (κ3) is 7.40. The second kappa shape index (κ2) is 15.9. The van der Waals surface area contributed by atoms with Crippen molar-refractivity contribution < 1.29 is 25.8 Å². The Bertz CT molecular complexity index is 2890. The minimum atomic E-state index is -6.09. The van der Waals surface area contributed by atoms with Gasteiger partial charge in [0.05, 0.1) is 20.8 Å². The van der Waals surface area contributed by atoms with Gasteiger partial charge in [-0.25, -0.2) is 0 Å². The van der Waals surface area contributed by atoms with Crippen LogP contribution in [-0.4, -0.2) is 13.9 Å². The lowest BCUT2D eigenvalue weighted by atomic mass is 10.1. The van der Waals surface area contributed by atoms with Crippen molar-refractivity contribution in [3.05, 3.63) is 206 Å². The van der Waals surface area contributed by atoms with Crippen LogP contribution < -0.4 is 18.9 Å². The molecule has 11 heteroatoms. The van der Waals surface area contributed by atoms with Crippen molar-refractivity contribution in [2.75, 3.05) is 14.7 Å². The fourth-order valence-electron chi connectivity index (χ4n) is 7.34. The number of benzene rings is 8. The van der Waals surface area contributed by atoms with Crippen molar-refractivity contribution in [1.29, 1.82) is 0 Å². The van der Waals surface area contributed by atoms with Crippen molar-refractivity contribution in [2.45, 2.75) is 5.51 Å². The van der Waals surface area contributed by atoms with Crippen LogP contribution in [0.25, 0.3) is 20.2 Å². The van der Waals surface area contributed by atoms with E-state index in [1.165, 1.54) is 17.4 Å². The van der Waals surface area contributed by atoms with E-state index in [2.05, 4.69) is 15.9 Å². The van der Waals surface area contributed by atoms with Gasteiger partial charge in [-0.2, -0.15) is 21.6 Å². The van der Waals surface area contributed by atoms with E-state index in [1.807, 2.05) is 199 Å². The number of fused-ring (bicyclic) bond motifs is 3. The number of hydrogen-bond acceptors (Lipinski definition) is 7. The normalized spacial score (nSPS) is 11.7. The van der Waals surface area contributed by atoms with Crippen LogP contribution in [0.4, 0.5) is 64.4 Å². The summed E-state index contributed by atoms with van der Waals surface area (Å²) in [5, 5.41) is 1.18. The van der Waals surface area contributed by atoms with Crippen molar-refractivity contribution in [1.82, 2.24) is 0 Å². The van der Waals surface area contributed by atoms with Gasteiger partial charge in [0.2, 0.25) is 0 Å². The first-order chi connectivity index (χ1) is 29.2. The summed E-state index contributed by atoms with van der Waals surface area (Å²) in [6.45, 7) is 0. The molecule has 6 nitrogen and oxygen atoms in total. The monoisotopic (exact) mass is 833 g/mol. The first-order valence-corrected chi connectivity index (χ1v) is 21.1. The molecule has 0 spiro atoms. The Labute approximate surface area is 349 Å². The van der Waals surface area contributed by atoms with E-state index in [-0.39, 0.29) is 4.70 Å². The van der Waals surface area contributed by atoms with Gasteiger partial charge >= 0.3 is 15.6 Å². The molecule has 0 aliphatic carbocycles. The third-order valence-corrected chi connectivity index (χ3v) is 12.1. The van der Waals surface area contributed by atoms with E-state index >= 15 is 0 Å². The topological polar surface area (TPSA) is 53.1 Å². The average molecular weight is 834 g/mol. The molecule has 296 valence electrons. The lowest BCUT2D eigenvalue weighted by Crippen LogP contribution is -2.28. The number of nitrogens with zero attached hydrogens (tertiary/aromatic N) is 3. The highest BCUT2D eigenvalue weighted by molar-refractivity contribution is 7.88. The molecule has 9 aromatic rings. The Hall–Kier alpha value is -7.08. The zero-order chi connectivity index (χ0) is 41.3. The Balaban J connectivity index is 1.42.